The lowest BCUT2D eigenvalue weighted by molar-refractivity contribution is 0.0937. The van der Waals surface area contributed by atoms with Crippen molar-refractivity contribution in [3.05, 3.63) is 64.7 Å². The molecular weight excluding hydrogens is 274 g/mol. The summed E-state index contributed by atoms with van der Waals surface area (Å²) < 4.78 is 5.19. The highest BCUT2D eigenvalue weighted by Crippen LogP contribution is 2.20. The molecular formula is C16H16ClNO2. The molecule has 1 unspecified atom stereocenters. The number of hydrogen-bond acceptors (Lipinski definition) is 2. The van der Waals surface area contributed by atoms with Gasteiger partial charge >= 0.3 is 0 Å². The van der Waals surface area contributed by atoms with Gasteiger partial charge in [0.2, 0.25) is 0 Å². The summed E-state index contributed by atoms with van der Waals surface area (Å²) in [5.41, 5.74) is 1.48. The maximum Gasteiger partial charge on any atom is 0.255 e. The van der Waals surface area contributed by atoms with Gasteiger partial charge in [-0.3, -0.25) is 4.79 Å². The van der Waals surface area contributed by atoms with E-state index in [-0.39, 0.29) is 11.9 Å². The van der Waals surface area contributed by atoms with E-state index in [9.17, 15) is 4.79 Å². The number of nitrogens with one attached hydrogen (secondary N) is 1. The molecule has 0 aromatic heterocycles. The van der Waals surface area contributed by atoms with Crippen molar-refractivity contribution in [1.29, 1.82) is 0 Å². The number of para-hydroxylation sites is 1. The molecule has 2 rings (SSSR count). The van der Waals surface area contributed by atoms with Crippen LogP contribution in [0, 0.1) is 0 Å². The first kappa shape index (κ1) is 14.4. The van der Waals surface area contributed by atoms with Crippen LogP contribution in [0.2, 0.25) is 5.02 Å². The maximum absolute atomic E-state index is 12.3. The number of rotatable bonds is 4. The van der Waals surface area contributed by atoms with Gasteiger partial charge < -0.3 is 10.1 Å². The van der Waals surface area contributed by atoms with Crippen LogP contribution in [0.1, 0.15) is 28.9 Å². The molecule has 0 saturated carbocycles. The minimum atomic E-state index is -0.171. The molecule has 0 aliphatic carbocycles. The molecule has 20 heavy (non-hydrogen) atoms. The number of amides is 1. The summed E-state index contributed by atoms with van der Waals surface area (Å²) in [6.45, 7) is 1.92. The van der Waals surface area contributed by atoms with Crippen molar-refractivity contribution >= 4 is 17.5 Å². The van der Waals surface area contributed by atoms with Crippen LogP contribution < -0.4 is 10.1 Å². The second kappa shape index (κ2) is 6.44. The topological polar surface area (TPSA) is 38.3 Å². The summed E-state index contributed by atoms with van der Waals surface area (Å²) in [5.74, 6) is 0.387. The van der Waals surface area contributed by atoms with Crippen LogP contribution in [0.4, 0.5) is 0 Å². The quantitative estimate of drug-likeness (QED) is 0.929. The molecule has 1 N–H and O–H groups in total. The summed E-state index contributed by atoms with van der Waals surface area (Å²) in [6.07, 6.45) is 0. The number of benzene rings is 2. The molecule has 4 heteroatoms. The van der Waals surface area contributed by atoms with Crippen molar-refractivity contribution in [2.75, 3.05) is 7.11 Å². The largest absolute Gasteiger partial charge is 0.496 e. The van der Waals surface area contributed by atoms with E-state index in [4.69, 9.17) is 16.3 Å². The highest BCUT2D eigenvalue weighted by atomic mass is 35.5. The monoisotopic (exact) mass is 289 g/mol. The third kappa shape index (κ3) is 3.31. The molecule has 3 nitrogen and oxygen atoms in total. The zero-order chi connectivity index (χ0) is 14.5. The predicted octanol–water partition coefficient (Wildman–Crippen LogP) is 3.84. The highest BCUT2D eigenvalue weighted by Gasteiger charge is 2.15. The Morgan fingerprint density at radius 1 is 1.20 bits per heavy atom. The van der Waals surface area contributed by atoms with Gasteiger partial charge in [-0.2, -0.15) is 0 Å². The molecule has 0 spiro atoms. The number of carbonyl (C=O) groups excluding carboxylic acids is 1. The van der Waals surface area contributed by atoms with E-state index in [1.54, 1.807) is 25.3 Å². The summed E-state index contributed by atoms with van der Waals surface area (Å²) in [7, 11) is 1.55. The Balaban J connectivity index is 2.15. The molecule has 104 valence electrons. The molecule has 0 fully saturated rings. The van der Waals surface area contributed by atoms with Crippen molar-refractivity contribution in [3.8, 4) is 5.75 Å². The molecule has 0 aliphatic heterocycles. The first-order valence-corrected chi connectivity index (χ1v) is 6.69. The fourth-order valence-corrected chi connectivity index (χ4v) is 2.16. The lowest BCUT2D eigenvalue weighted by Crippen LogP contribution is -2.27. The van der Waals surface area contributed by atoms with Crippen LogP contribution in [-0.4, -0.2) is 13.0 Å². The Bertz CT molecular complexity index is 613. The van der Waals surface area contributed by atoms with E-state index < -0.39 is 0 Å². The van der Waals surface area contributed by atoms with Crippen LogP contribution in [0.3, 0.4) is 0 Å². The van der Waals surface area contributed by atoms with Crippen LogP contribution in [0.15, 0.2) is 48.5 Å². The third-order valence-corrected chi connectivity index (χ3v) is 3.28. The Morgan fingerprint density at radius 2 is 1.95 bits per heavy atom. The molecule has 2 aromatic rings. The summed E-state index contributed by atoms with van der Waals surface area (Å²) in [6, 6.07) is 14.4. The maximum atomic E-state index is 12.3. The van der Waals surface area contributed by atoms with E-state index in [1.165, 1.54) is 0 Å². The van der Waals surface area contributed by atoms with Gasteiger partial charge in [0.25, 0.3) is 5.91 Å². The van der Waals surface area contributed by atoms with E-state index >= 15 is 0 Å². The number of methoxy groups -OCH3 is 1. The Labute approximate surface area is 123 Å². The van der Waals surface area contributed by atoms with Crippen LogP contribution in [-0.2, 0) is 0 Å². The molecule has 0 aliphatic rings. The fourth-order valence-electron chi connectivity index (χ4n) is 1.97. The van der Waals surface area contributed by atoms with Crippen molar-refractivity contribution < 1.29 is 9.53 Å². The summed E-state index contributed by atoms with van der Waals surface area (Å²) in [5, 5.41) is 3.59. The van der Waals surface area contributed by atoms with E-state index in [0.717, 1.165) is 5.56 Å². The zero-order valence-electron chi connectivity index (χ0n) is 11.4. The van der Waals surface area contributed by atoms with Crippen LogP contribution >= 0.6 is 11.6 Å². The van der Waals surface area contributed by atoms with E-state index in [2.05, 4.69) is 5.32 Å². The van der Waals surface area contributed by atoms with Crippen molar-refractivity contribution in [3.63, 3.8) is 0 Å². The molecule has 2 aromatic carbocycles. The molecule has 1 atom stereocenters. The predicted molar refractivity (Wildman–Crippen MR) is 80.3 cm³/mol. The smallest absolute Gasteiger partial charge is 0.255 e. The molecule has 0 heterocycles. The van der Waals surface area contributed by atoms with E-state index in [1.807, 2.05) is 37.3 Å². The Hall–Kier alpha value is -2.00. The second-order valence-corrected chi connectivity index (χ2v) is 4.89. The first-order valence-electron chi connectivity index (χ1n) is 6.31. The lowest BCUT2D eigenvalue weighted by Gasteiger charge is -2.16. The van der Waals surface area contributed by atoms with Crippen LogP contribution in [0.5, 0.6) is 5.75 Å². The molecule has 1 amide bonds. The van der Waals surface area contributed by atoms with Crippen molar-refractivity contribution in [2.45, 2.75) is 13.0 Å². The van der Waals surface area contributed by atoms with Gasteiger partial charge in [-0.05, 0) is 36.8 Å². The first-order chi connectivity index (χ1) is 9.61. The van der Waals surface area contributed by atoms with Gasteiger partial charge in [0.15, 0.2) is 0 Å². The Kier molecular flexibility index (Phi) is 4.64. The van der Waals surface area contributed by atoms with Gasteiger partial charge in [-0.15, -0.1) is 0 Å². The van der Waals surface area contributed by atoms with Gasteiger partial charge in [0.05, 0.1) is 18.7 Å². The summed E-state index contributed by atoms with van der Waals surface area (Å²) in [4.78, 5) is 12.3. The van der Waals surface area contributed by atoms with Gasteiger partial charge in [-0.25, -0.2) is 0 Å². The summed E-state index contributed by atoms with van der Waals surface area (Å²) >= 11 is 5.96. The van der Waals surface area contributed by atoms with Crippen molar-refractivity contribution in [2.24, 2.45) is 0 Å². The SMILES string of the molecule is COc1ccccc1C(=O)NC(C)c1cccc(Cl)c1. The average molecular weight is 290 g/mol. The van der Waals surface area contributed by atoms with E-state index in [0.29, 0.717) is 16.3 Å². The Morgan fingerprint density at radius 3 is 2.65 bits per heavy atom. The number of halogens is 1. The lowest BCUT2D eigenvalue weighted by atomic mass is 10.1. The molecule has 0 bridgehead atoms. The van der Waals surface area contributed by atoms with Gasteiger partial charge in [0.1, 0.15) is 5.75 Å². The normalized spacial score (nSPS) is 11.8. The third-order valence-electron chi connectivity index (χ3n) is 3.05. The average Bonchev–Trinajstić information content (AvgIpc) is 2.47. The van der Waals surface area contributed by atoms with Gasteiger partial charge in [0, 0.05) is 5.02 Å². The zero-order valence-corrected chi connectivity index (χ0v) is 12.1. The standard InChI is InChI=1S/C16H16ClNO2/c1-11(12-6-5-7-13(17)10-12)18-16(19)14-8-3-4-9-15(14)20-2/h3-11H,1-2H3,(H,18,19). The van der Waals surface area contributed by atoms with Gasteiger partial charge in [-0.1, -0.05) is 35.9 Å². The highest BCUT2D eigenvalue weighted by molar-refractivity contribution is 6.30. The number of carbonyl (C=O) groups is 1. The fraction of sp³-hybridized carbons (Fsp3) is 0.188. The molecule has 0 saturated heterocycles. The minimum Gasteiger partial charge on any atom is -0.496 e. The number of ether oxygens (including phenoxy) is 1. The van der Waals surface area contributed by atoms with Crippen molar-refractivity contribution in [1.82, 2.24) is 5.32 Å². The minimum absolute atomic E-state index is 0.133. The van der Waals surface area contributed by atoms with Crippen LogP contribution in [0.25, 0.3) is 0 Å². The molecule has 0 radical (unpaired) electrons. The number of hydrogen-bond donors (Lipinski definition) is 1. The second-order valence-electron chi connectivity index (χ2n) is 4.45.